The molecule has 0 unspecified atom stereocenters. The first-order valence-corrected chi connectivity index (χ1v) is 6.68. The zero-order valence-corrected chi connectivity index (χ0v) is 10.6. The van der Waals surface area contributed by atoms with Crippen LogP contribution in [0.4, 0.5) is 0 Å². The zero-order valence-electron chi connectivity index (χ0n) is 10.6. The van der Waals surface area contributed by atoms with Gasteiger partial charge in [0, 0.05) is 6.42 Å². The van der Waals surface area contributed by atoms with E-state index >= 15 is 0 Å². The molecule has 0 amide bonds. The molecule has 0 spiro atoms. The van der Waals surface area contributed by atoms with Crippen molar-refractivity contribution >= 4 is 5.97 Å². The topological polar surface area (TPSA) is 35.5 Å². The summed E-state index contributed by atoms with van der Waals surface area (Å²) in [5.74, 6) is 1.27. The number of rotatable bonds is 6. The maximum absolute atomic E-state index is 11.5. The Morgan fingerprint density at radius 3 is 2.56 bits per heavy atom. The van der Waals surface area contributed by atoms with Gasteiger partial charge in [0.25, 0.3) is 0 Å². The van der Waals surface area contributed by atoms with Gasteiger partial charge in [0.15, 0.2) is 0 Å². The summed E-state index contributed by atoms with van der Waals surface area (Å²) in [5, 5.41) is 0. The highest BCUT2D eigenvalue weighted by Gasteiger charge is 2.18. The van der Waals surface area contributed by atoms with Gasteiger partial charge in [-0.3, -0.25) is 4.79 Å². The van der Waals surface area contributed by atoms with Crippen molar-refractivity contribution in [3.8, 4) is 5.75 Å². The fourth-order valence-corrected chi connectivity index (χ4v) is 2.34. The van der Waals surface area contributed by atoms with Crippen molar-refractivity contribution in [2.45, 2.75) is 32.1 Å². The molecule has 1 aliphatic carbocycles. The van der Waals surface area contributed by atoms with E-state index in [-0.39, 0.29) is 5.97 Å². The molecule has 3 nitrogen and oxygen atoms in total. The summed E-state index contributed by atoms with van der Waals surface area (Å²) in [6.07, 6.45) is 5.45. The minimum absolute atomic E-state index is 0.0847. The fraction of sp³-hybridized carbons (Fsp3) is 0.533. The molecule has 0 N–H and O–H groups in total. The third kappa shape index (κ3) is 4.40. The number of benzene rings is 1. The lowest BCUT2D eigenvalue weighted by Crippen LogP contribution is -2.14. The average Bonchev–Trinajstić information content (AvgIpc) is 2.89. The molecule has 0 heterocycles. The highest BCUT2D eigenvalue weighted by molar-refractivity contribution is 5.69. The van der Waals surface area contributed by atoms with E-state index in [1.807, 2.05) is 30.3 Å². The van der Waals surface area contributed by atoms with Crippen molar-refractivity contribution < 1.29 is 14.3 Å². The summed E-state index contributed by atoms with van der Waals surface area (Å²) in [5.41, 5.74) is 0. The van der Waals surface area contributed by atoms with E-state index in [4.69, 9.17) is 9.47 Å². The molecule has 98 valence electrons. The first-order chi connectivity index (χ1) is 8.84. The average molecular weight is 248 g/mol. The van der Waals surface area contributed by atoms with Gasteiger partial charge in [0.2, 0.25) is 0 Å². The van der Waals surface area contributed by atoms with Crippen molar-refractivity contribution in [1.82, 2.24) is 0 Å². The van der Waals surface area contributed by atoms with Crippen LogP contribution in [-0.4, -0.2) is 19.2 Å². The molecule has 1 aromatic rings. The molecule has 1 aliphatic rings. The van der Waals surface area contributed by atoms with E-state index in [1.165, 1.54) is 25.7 Å². The largest absolute Gasteiger partial charge is 0.490 e. The molecule has 18 heavy (non-hydrogen) atoms. The van der Waals surface area contributed by atoms with Crippen LogP contribution in [0, 0.1) is 5.92 Å². The first-order valence-electron chi connectivity index (χ1n) is 6.68. The standard InChI is InChI=1S/C15H20O3/c16-15(12-13-6-4-5-7-13)18-11-10-17-14-8-2-1-3-9-14/h1-3,8-9,13H,4-7,10-12H2. The van der Waals surface area contributed by atoms with Crippen molar-refractivity contribution in [1.29, 1.82) is 0 Å². The molecule has 0 atom stereocenters. The zero-order chi connectivity index (χ0) is 12.6. The van der Waals surface area contributed by atoms with Crippen molar-refractivity contribution in [2.24, 2.45) is 5.92 Å². The van der Waals surface area contributed by atoms with Crippen molar-refractivity contribution in [3.05, 3.63) is 30.3 Å². The molecule has 2 rings (SSSR count). The second kappa shape index (κ2) is 7.04. The van der Waals surface area contributed by atoms with Gasteiger partial charge in [0.05, 0.1) is 0 Å². The predicted molar refractivity (Wildman–Crippen MR) is 69.5 cm³/mol. The van der Waals surface area contributed by atoms with Gasteiger partial charge >= 0.3 is 5.97 Å². The minimum atomic E-state index is -0.0847. The summed E-state index contributed by atoms with van der Waals surface area (Å²) in [4.78, 5) is 11.5. The van der Waals surface area contributed by atoms with Crippen LogP contribution < -0.4 is 4.74 Å². The highest BCUT2D eigenvalue weighted by atomic mass is 16.6. The molecule has 1 aromatic carbocycles. The first kappa shape index (κ1) is 12.9. The van der Waals surface area contributed by atoms with Crippen molar-refractivity contribution in [2.75, 3.05) is 13.2 Å². The Balaban J connectivity index is 1.56. The van der Waals surface area contributed by atoms with Gasteiger partial charge in [-0.25, -0.2) is 0 Å². The number of carbonyl (C=O) groups is 1. The summed E-state index contributed by atoms with van der Waals surface area (Å²) >= 11 is 0. The van der Waals surface area contributed by atoms with Crippen LogP contribution in [0.15, 0.2) is 30.3 Å². The Kier molecular flexibility index (Phi) is 5.06. The van der Waals surface area contributed by atoms with E-state index in [0.29, 0.717) is 25.6 Å². The van der Waals surface area contributed by atoms with Gasteiger partial charge in [-0.2, -0.15) is 0 Å². The normalized spacial score (nSPS) is 15.6. The van der Waals surface area contributed by atoms with E-state index in [0.717, 1.165) is 5.75 Å². The number of ether oxygens (including phenoxy) is 2. The van der Waals surface area contributed by atoms with Crippen LogP contribution >= 0.6 is 0 Å². The van der Waals surface area contributed by atoms with Crippen LogP contribution in [0.5, 0.6) is 5.75 Å². The summed E-state index contributed by atoms with van der Waals surface area (Å²) in [6.45, 7) is 0.751. The van der Waals surface area contributed by atoms with Gasteiger partial charge < -0.3 is 9.47 Å². The maximum Gasteiger partial charge on any atom is 0.306 e. The third-order valence-corrected chi connectivity index (χ3v) is 3.29. The second-order valence-electron chi connectivity index (χ2n) is 4.74. The summed E-state index contributed by atoms with van der Waals surface area (Å²) in [6, 6.07) is 9.55. The van der Waals surface area contributed by atoms with Crippen molar-refractivity contribution in [3.63, 3.8) is 0 Å². The molecule has 0 saturated heterocycles. The SMILES string of the molecule is O=C(CC1CCCC1)OCCOc1ccccc1. The van der Waals surface area contributed by atoms with Crippen LogP contribution in [0.2, 0.25) is 0 Å². The molecule has 0 bridgehead atoms. The quantitative estimate of drug-likeness (QED) is 0.573. The molecular formula is C15H20O3. The molecular weight excluding hydrogens is 228 g/mol. The number of para-hydroxylation sites is 1. The molecule has 0 aromatic heterocycles. The van der Waals surface area contributed by atoms with E-state index in [9.17, 15) is 4.79 Å². The van der Waals surface area contributed by atoms with Gasteiger partial charge in [-0.05, 0) is 30.9 Å². The Morgan fingerprint density at radius 1 is 1.11 bits per heavy atom. The highest BCUT2D eigenvalue weighted by Crippen LogP contribution is 2.27. The number of hydrogen-bond donors (Lipinski definition) is 0. The molecule has 1 fully saturated rings. The Bertz CT molecular complexity index is 355. The Morgan fingerprint density at radius 2 is 1.83 bits per heavy atom. The van der Waals surface area contributed by atoms with E-state index in [2.05, 4.69) is 0 Å². The molecule has 1 saturated carbocycles. The maximum atomic E-state index is 11.5. The Hall–Kier alpha value is -1.51. The summed E-state index contributed by atoms with van der Waals surface area (Å²) in [7, 11) is 0. The smallest absolute Gasteiger partial charge is 0.306 e. The van der Waals surface area contributed by atoms with E-state index < -0.39 is 0 Å². The van der Waals surface area contributed by atoms with Crippen LogP contribution in [-0.2, 0) is 9.53 Å². The summed E-state index contributed by atoms with van der Waals surface area (Å²) < 4.78 is 10.6. The second-order valence-corrected chi connectivity index (χ2v) is 4.74. The van der Waals surface area contributed by atoms with E-state index in [1.54, 1.807) is 0 Å². The Labute approximate surface area is 108 Å². The third-order valence-electron chi connectivity index (χ3n) is 3.29. The monoisotopic (exact) mass is 248 g/mol. The van der Waals surface area contributed by atoms with Crippen LogP contribution in [0.1, 0.15) is 32.1 Å². The number of carbonyl (C=O) groups excluding carboxylic acids is 1. The number of hydrogen-bond acceptors (Lipinski definition) is 3. The van der Waals surface area contributed by atoms with Gasteiger partial charge in [-0.1, -0.05) is 31.0 Å². The fourth-order valence-electron chi connectivity index (χ4n) is 2.34. The predicted octanol–water partition coefficient (Wildman–Crippen LogP) is 3.19. The lowest BCUT2D eigenvalue weighted by molar-refractivity contribution is -0.145. The lowest BCUT2D eigenvalue weighted by Gasteiger charge is -2.09. The van der Waals surface area contributed by atoms with Crippen LogP contribution in [0.3, 0.4) is 0 Å². The van der Waals surface area contributed by atoms with Gasteiger partial charge in [-0.15, -0.1) is 0 Å². The molecule has 3 heteroatoms. The van der Waals surface area contributed by atoms with Gasteiger partial charge in [0.1, 0.15) is 19.0 Å². The minimum Gasteiger partial charge on any atom is -0.490 e. The molecule has 0 radical (unpaired) electrons. The molecule has 0 aliphatic heterocycles. The van der Waals surface area contributed by atoms with Crippen LogP contribution in [0.25, 0.3) is 0 Å². The lowest BCUT2D eigenvalue weighted by atomic mass is 10.1. The number of esters is 1.